The lowest BCUT2D eigenvalue weighted by Crippen LogP contribution is -2.38. The standard InChI is InChI=1S/C18H26O2/c1-13(2)18-10-9-17(4,20-18)16(11-18)19-12-15-8-6-5-7-14(15)3/h5-8,13,16H,9-12H2,1-4H3/t16?,17-,18+/m1/s1. The SMILES string of the molecule is Cc1ccccc1COC1C[C@]2(C(C)C)CC[C@@]1(C)O2. The number of benzene rings is 1. The number of aryl methyl sites for hydroxylation is 1. The van der Waals surface area contributed by atoms with Crippen LogP contribution < -0.4 is 0 Å². The highest BCUT2D eigenvalue weighted by atomic mass is 16.6. The van der Waals surface area contributed by atoms with Gasteiger partial charge >= 0.3 is 0 Å². The highest BCUT2D eigenvalue weighted by molar-refractivity contribution is 5.24. The summed E-state index contributed by atoms with van der Waals surface area (Å²) in [4.78, 5) is 0. The molecule has 2 heteroatoms. The molecule has 0 N–H and O–H groups in total. The Hall–Kier alpha value is -0.860. The molecule has 2 heterocycles. The van der Waals surface area contributed by atoms with Crippen LogP contribution in [0.15, 0.2) is 24.3 Å². The minimum Gasteiger partial charge on any atom is -0.370 e. The van der Waals surface area contributed by atoms with Crippen LogP contribution in [-0.2, 0) is 16.1 Å². The second-order valence-corrected chi connectivity index (χ2v) is 7.06. The fourth-order valence-electron chi connectivity index (χ4n) is 3.77. The predicted octanol–water partition coefficient (Wildman–Crippen LogP) is 4.25. The van der Waals surface area contributed by atoms with Gasteiger partial charge in [0.05, 0.1) is 23.9 Å². The summed E-state index contributed by atoms with van der Waals surface area (Å²) in [5.41, 5.74) is 2.58. The summed E-state index contributed by atoms with van der Waals surface area (Å²) in [5, 5.41) is 0. The van der Waals surface area contributed by atoms with E-state index in [1.165, 1.54) is 17.5 Å². The summed E-state index contributed by atoms with van der Waals surface area (Å²) in [6.07, 6.45) is 3.60. The fraction of sp³-hybridized carbons (Fsp3) is 0.667. The van der Waals surface area contributed by atoms with Crippen LogP contribution in [0.25, 0.3) is 0 Å². The average Bonchev–Trinajstić information content (AvgIpc) is 2.90. The molecule has 0 aromatic heterocycles. The van der Waals surface area contributed by atoms with Gasteiger partial charge in [0.1, 0.15) is 0 Å². The number of fused-ring (bicyclic) bond motifs is 2. The van der Waals surface area contributed by atoms with Crippen molar-refractivity contribution in [1.29, 1.82) is 0 Å². The molecule has 3 rings (SSSR count). The zero-order valence-electron chi connectivity index (χ0n) is 13.1. The van der Waals surface area contributed by atoms with Gasteiger partial charge in [0.25, 0.3) is 0 Å². The second kappa shape index (κ2) is 4.85. The molecule has 2 aliphatic rings. The van der Waals surface area contributed by atoms with Crippen molar-refractivity contribution in [1.82, 2.24) is 0 Å². The maximum atomic E-state index is 6.42. The van der Waals surface area contributed by atoms with Crippen molar-refractivity contribution in [2.45, 2.75) is 70.9 Å². The van der Waals surface area contributed by atoms with E-state index in [0.29, 0.717) is 12.5 Å². The molecular formula is C18H26O2. The van der Waals surface area contributed by atoms with Gasteiger partial charge in [-0.3, -0.25) is 0 Å². The maximum Gasteiger partial charge on any atom is 0.0924 e. The molecule has 0 amide bonds. The van der Waals surface area contributed by atoms with Gasteiger partial charge in [-0.2, -0.15) is 0 Å². The highest BCUT2D eigenvalue weighted by Crippen LogP contribution is 2.55. The van der Waals surface area contributed by atoms with E-state index in [2.05, 4.69) is 52.0 Å². The molecule has 2 fully saturated rings. The Morgan fingerprint density at radius 1 is 1.30 bits per heavy atom. The quantitative estimate of drug-likeness (QED) is 0.817. The third-order valence-electron chi connectivity index (χ3n) is 5.45. The van der Waals surface area contributed by atoms with Crippen molar-refractivity contribution < 1.29 is 9.47 Å². The minimum absolute atomic E-state index is 0.0607. The Labute approximate surface area is 122 Å². The van der Waals surface area contributed by atoms with Crippen LogP contribution in [0.5, 0.6) is 0 Å². The largest absolute Gasteiger partial charge is 0.370 e. The van der Waals surface area contributed by atoms with E-state index in [0.717, 1.165) is 12.8 Å². The fourth-order valence-corrected chi connectivity index (χ4v) is 3.77. The Morgan fingerprint density at radius 3 is 2.70 bits per heavy atom. The summed E-state index contributed by atoms with van der Waals surface area (Å²) >= 11 is 0. The Kier molecular flexibility index (Phi) is 3.42. The van der Waals surface area contributed by atoms with Crippen LogP contribution in [0.1, 0.15) is 51.2 Å². The van der Waals surface area contributed by atoms with E-state index >= 15 is 0 Å². The van der Waals surface area contributed by atoms with E-state index < -0.39 is 0 Å². The number of rotatable bonds is 4. The lowest BCUT2D eigenvalue weighted by atomic mass is 9.75. The van der Waals surface area contributed by atoms with Gasteiger partial charge in [0.15, 0.2) is 0 Å². The summed E-state index contributed by atoms with van der Waals surface area (Å²) in [7, 11) is 0. The lowest BCUT2D eigenvalue weighted by molar-refractivity contribution is -0.0960. The van der Waals surface area contributed by atoms with Gasteiger partial charge in [-0.25, -0.2) is 0 Å². The van der Waals surface area contributed by atoms with Crippen molar-refractivity contribution >= 4 is 0 Å². The molecular weight excluding hydrogens is 248 g/mol. The van der Waals surface area contributed by atoms with Gasteiger partial charge < -0.3 is 9.47 Å². The third kappa shape index (κ3) is 2.19. The first kappa shape index (κ1) is 14.1. The predicted molar refractivity (Wildman–Crippen MR) is 80.7 cm³/mol. The van der Waals surface area contributed by atoms with Crippen molar-refractivity contribution in [2.75, 3.05) is 0 Å². The molecule has 0 spiro atoms. The molecule has 0 saturated carbocycles. The summed E-state index contributed by atoms with van der Waals surface area (Å²) in [5.74, 6) is 0.566. The highest BCUT2D eigenvalue weighted by Gasteiger charge is 2.60. The number of hydrogen-bond donors (Lipinski definition) is 0. The van der Waals surface area contributed by atoms with Crippen LogP contribution >= 0.6 is 0 Å². The molecule has 110 valence electrons. The molecule has 20 heavy (non-hydrogen) atoms. The van der Waals surface area contributed by atoms with E-state index in [9.17, 15) is 0 Å². The van der Waals surface area contributed by atoms with Crippen molar-refractivity contribution in [3.63, 3.8) is 0 Å². The molecule has 2 nitrogen and oxygen atoms in total. The van der Waals surface area contributed by atoms with Crippen LogP contribution in [0, 0.1) is 12.8 Å². The first-order chi connectivity index (χ1) is 9.45. The molecule has 2 aliphatic heterocycles. The van der Waals surface area contributed by atoms with Crippen LogP contribution in [0.4, 0.5) is 0 Å². The molecule has 3 atom stereocenters. The summed E-state index contributed by atoms with van der Waals surface area (Å²) < 4.78 is 12.7. The molecule has 0 aliphatic carbocycles. The molecule has 2 bridgehead atoms. The zero-order valence-corrected chi connectivity index (χ0v) is 13.1. The number of hydrogen-bond acceptors (Lipinski definition) is 2. The van der Waals surface area contributed by atoms with E-state index in [1.807, 2.05) is 0 Å². The molecule has 1 aromatic carbocycles. The smallest absolute Gasteiger partial charge is 0.0924 e. The first-order valence-corrected chi connectivity index (χ1v) is 7.81. The Bertz CT molecular complexity index is 496. The summed E-state index contributed by atoms with van der Waals surface area (Å²) in [6.45, 7) is 9.62. The number of ether oxygens (including phenoxy) is 2. The van der Waals surface area contributed by atoms with Gasteiger partial charge in [0.2, 0.25) is 0 Å². The van der Waals surface area contributed by atoms with E-state index in [-0.39, 0.29) is 17.3 Å². The third-order valence-corrected chi connectivity index (χ3v) is 5.45. The van der Waals surface area contributed by atoms with Crippen molar-refractivity contribution in [2.24, 2.45) is 5.92 Å². The topological polar surface area (TPSA) is 18.5 Å². The van der Waals surface area contributed by atoms with Crippen LogP contribution in [0.3, 0.4) is 0 Å². The van der Waals surface area contributed by atoms with Gasteiger partial charge in [-0.05, 0) is 43.7 Å². The zero-order chi connectivity index (χ0) is 14.4. The average molecular weight is 274 g/mol. The van der Waals surface area contributed by atoms with E-state index in [4.69, 9.17) is 9.47 Å². The molecule has 0 radical (unpaired) electrons. The molecule has 2 saturated heterocycles. The van der Waals surface area contributed by atoms with Crippen molar-refractivity contribution in [3.8, 4) is 0 Å². The van der Waals surface area contributed by atoms with E-state index in [1.54, 1.807) is 0 Å². The minimum atomic E-state index is -0.0764. The van der Waals surface area contributed by atoms with Crippen LogP contribution in [-0.4, -0.2) is 17.3 Å². The molecule has 1 unspecified atom stereocenters. The molecule has 1 aromatic rings. The Balaban J connectivity index is 1.69. The normalized spacial score (nSPS) is 36.0. The Morgan fingerprint density at radius 2 is 2.05 bits per heavy atom. The summed E-state index contributed by atoms with van der Waals surface area (Å²) in [6, 6.07) is 8.46. The van der Waals surface area contributed by atoms with Gasteiger partial charge in [-0.1, -0.05) is 38.1 Å². The van der Waals surface area contributed by atoms with Crippen LogP contribution in [0.2, 0.25) is 0 Å². The van der Waals surface area contributed by atoms with Crippen molar-refractivity contribution in [3.05, 3.63) is 35.4 Å². The maximum absolute atomic E-state index is 6.42. The van der Waals surface area contributed by atoms with Gasteiger partial charge in [-0.15, -0.1) is 0 Å². The lowest BCUT2D eigenvalue weighted by Gasteiger charge is -2.31. The second-order valence-electron chi connectivity index (χ2n) is 7.06. The monoisotopic (exact) mass is 274 g/mol. The first-order valence-electron chi connectivity index (χ1n) is 7.81. The van der Waals surface area contributed by atoms with Gasteiger partial charge in [0, 0.05) is 6.42 Å².